The van der Waals surface area contributed by atoms with Crippen molar-refractivity contribution in [2.45, 2.75) is 39.9 Å². The molecule has 0 unspecified atom stereocenters. The molecule has 1 aliphatic rings. The molecular weight excluding hydrogens is 453 g/mol. The van der Waals surface area contributed by atoms with Gasteiger partial charge in [0, 0.05) is 29.8 Å². The van der Waals surface area contributed by atoms with E-state index >= 15 is 0 Å². The van der Waals surface area contributed by atoms with E-state index in [0.29, 0.717) is 41.9 Å². The summed E-state index contributed by atoms with van der Waals surface area (Å²) in [6.45, 7) is 6.89. The van der Waals surface area contributed by atoms with Crippen LogP contribution in [0.3, 0.4) is 0 Å². The van der Waals surface area contributed by atoms with E-state index in [4.69, 9.17) is 0 Å². The summed E-state index contributed by atoms with van der Waals surface area (Å²) in [5, 5.41) is 2.91. The molecule has 4 rings (SSSR count). The number of carbonyl (C=O) groups excluding carboxylic acids is 2. The summed E-state index contributed by atoms with van der Waals surface area (Å²) >= 11 is 0. The second-order valence-corrected chi connectivity index (χ2v) is 9.79. The summed E-state index contributed by atoms with van der Waals surface area (Å²) in [7, 11) is 0. The van der Waals surface area contributed by atoms with Gasteiger partial charge in [0.2, 0.25) is 5.91 Å². The Balaban J connectivity index is 1.52. The van der Waals surface area contributed by atoms with Gasteiger partial charge in [0.25, 0.3) is 5.91 Å². The van der Waals surface area contributed by atoms with Gasteiger partial charge in [-0.05, 0) is 59.0 Å². The minimum absolute atomic E-state index is 0.111. The zero-order valence-electron chi connectivity index (χ0n) is 19.9. The number of halogens is 3. The molecule has 0 aromatic heterocycles. The fraction of sp³-hybridized carbons (Fsp3) is 0.286. The average Bonchev–Trinajstić information content (AvgIpc) is 2.82. The molecule has 4 nitrogen and oxygen atoms in total. The first-order valence-electron chi connectivity index (χ1n) is 11.4. The van der Waals surface area contributed by atoms with E-state index in [1.165, 1.54) is 12.1 Å². The number of hydrogen-bond donors (Lipinski definition) is 1. The molecule has 182 valence electrons. The van der Waals surface area contributed by atoms with E-state index in [1.54, 1.807) is 24.3 Å². The van der Waals surface area contributed by atoms with Crippen LogP contribution in [-0.2, 0) is 23.9 Å². The third-order valence-electron chi connectivity index (χ3n) is 6.10. The molecule has 35 heavy (non-hydrogen) atoms. The monoisotopic (exact) mass is 480 g/mol. The number of alkyl halides is 3. The zero-order valence-corrected chi connectivity index (χ0v) is 19.9. The van der Waals surface area contributed by atoms with Crippen molar-refractivity contribution in [3.63, 3.8) is 0 Å². The molecule has 0 spiro atoms. The molecule has 0 fully saturated rings. The molecule has 3 aromatic carbocycles. The maximum absolute atomic E-state index is 13.1. The van der Waals surface area contributed by atoms with Crippen molar-refractivity contribution in [1.82, 2.24) is 4.90 Å². The van der Waals surface area contributed by atoms with E-state index in [-0.39, 0.29) is 11.8 Å². The van der Waals surface area contributed by atoms with Crippen molar-refractivity contribution in [2.75, 3.05) is 11.9 Å². The highest BCUT2D eigenvalue weighted by Crippen LogP contribution is 2.32. The molecule has 0 saturated heterocycles. The minimum Gasteiger partial charge on any atom is -0.338 e. The lowest BCUT2D eigenvalue weighted by atomic mass is 9.92. The molecule has 2 amide bonds. The van der Waals surface area contributed by atoms with Crippen LogP contribution in [0.5, 0.6) is 0 Å². The van der Waals surface area contributed by atoms with Crippen molar-refractivity contribution < 1.29 is 22.8 Å². The number of hydrogen-bond acceptors (Lipinski definition) is 2. The summed E-state index contributed by atoms with van der Waals surface area (Å²) < 4.78 is 38.8. The normalized spacial score (nSPS) is 13.8. The Morgan fingerprint density at radius 2 is 1.57 bits per heavy atom. The van der Waals surface area contributed by atoms with Gasteiger partial charge in [-0.2, -0.15) is 13.2 Å². The van der Waals surface area contributed by atoms with Gasteiger partial charge >= 0.3 is 6.18 Å². The van der Waals surface area contributed by atoms with Crippen LogP contribution in [-0.4, -0.2) is 23.3 Å². The van der Waals surface area contributed by atoms with Gasteiger partial charge < -0.3 is 10.2 Å². The molecule has 0 aliphatic carbocycles. The van der Waals surface area contributed by atoms with E-state index in [2.05, 4.69) is 5.32 Å². The molecule has 3 aromatic rings. The highest BCUT2D eigenvalue weighted by atomic mass is 19.4. The van der Waals surface area contributed by atoms with Crippen LogP contribution in [0.25, 0.3) is 11.1 Å². The summed E-state index contributed by atoms with van der Waals surface area (Å²) in [5.74, 6) is -0.235. The Labute approximate surface area is 202 Å². The van der Waals surface area contributed by atoms with Gasteiger partial charge in [0.1, 0.15) is 0 Å². The van der Waals surface area contributed by atoms with Crippen LogP contribution in [0.2, 0.25) is 0 Å². The van der Waals surface area contributed by atoms with Crippen molar-refractivity contribution in [3.8, 4) is 11.1 Å². The molecule has 0 saturated carbocycles. The van der Waals surface area contributed by atoms with E-state index < -0.39 is 17.2 Å². The van der Waals surface area contributed by atoms with Crippen LogP contribution in [0.4, 0.5) is 18.9 Å². The zero-order chi connectivity index (χ0) is 25.4. The second-order valence-electron chi connectivity index (χ2n) is 9.79. The predicted molar refractivity (Wildman–Crippen MR) is 130 cm³/mol. The maximum Gasteiger partial charge on any atom is 0.416 e. The maximum atomic E-state index is 13.1. The van der Waals surface area contributed by atoms with Gasteiger partial charge in [0.05, 0.1) is 5.56 Å². The first-order chi connectivity index (χ1) is 16.4. The number of amides is 2. The molecule has 1 N–H and O–H groups in total. The topological polar surface area (TPSA) is 49.4 Å². The number of nitrogens with one attached hydrogen (secondary N) is 1. The van der Waals surface area contributed by atoms with Gasteiger partial charge in [-0.1, -0.05) is 57.2 Å². The fourth-order valence-corrected chi connectivity index (χ4v) is 4.25. The molecule has 1 heterocycles. The fourth-order valence-electron chi connectivity index (χ4n) is 4.25. The van der Waals surface area contributed by atoms with Gasteiger partial charge in [-0.25, -0.2) is 0 Å². The van der Waals surface area contributed by atoms with Gasteiger partial charge in [0.15, 0.2) is 0 Å². The highest BCUT2D eigenvalue weighted by molar-refractivity contribution is 6.08. The lowest BCUT2D eigenvalue weighted by molar-refractivity contribution is -0.140. The van der Waals surface area contributed by atoms with E-state index in [0.717, 1.165) is 23.3 Å². The van der Waals surface area contributed by atoms with Crippen molar-refractivity contribution in [2.24, 2.45) is 5.41 Å². The Morgan fingerprint density at radius 3 is 2.23 bits per heavy atom. The molecule has 0 atom stereocenters. The van der Waals surface area contributed by atoms with E-state index in [9.17, 15) is 22.8 Å². The molecule has 7 heteroatoms. The molecule has 0 radical (unpaired) electrons. The van der Waals surface area contributed by atoms with Gasteiger partial charge in [-0.3, -0.25) is 9.59 Å². The Morgan fingerprint density at radius 1 is 0.886 bits per heavy atom. The molecule has 0 bridgehead atoms. The van der Waals surface area contributed by atoms with Crippen molar-refractivity contribution >= 4 is 17.5 Å². The predicted octanol–water partition coefficient (Wildman–Crippen LogP) is 6.56. The van der Waals surface area contributed by atoms with Crippen LogP contribution in [0, 0.1) is 5.41 Å². The molecular formula is C28H27F3N2O2. The van der Waals surface area contributed by atoms with Crippen LogP contribution >= 0.6 is 0 Å². The number of nitrogens with zero attached hydrogens (tertiary/aromatic N) is 1. The first kappa shape index (κ1) is 24.5. The first-order valence-corrected chi connectivity index (χ1v) is 11.4. The second kappa shape index (κ2) is 9.21. The van der Waals surface area contributed by atoms with E-state index in [1.807, 2.05) is 43.9 Å². The smallest absolute Gasteiger partial charge is 0.338 e. The number of rotatable bonds is 3. The van der Waals surface area contributed by atoms with Crippen molar-refractivity contribution in [3.05, 3.63) is 89.0 Å². The lowest BCUT2D eigenvalue weighted by Gasteiger charge is -2.33. The lowest BCUT2D eigenvalue weighted by Crippen LogP contribution is -2.42. The summed E-state index contributed by atoms with van der Waals surface area (Å²) in [6.07, 6.45) is -3.72. The summed E-state index contributed by atoms with van der Waals surface area (Å²) in [5.41, 5.74) is 3.03. The van der Waals surface area contributed by atoms with Crippen LogP contribution in [0.1, 0.15) is 47.8 Å². The summed E-state index contributed by atoms with van der Waals surface area (Å²) in [6, 6.07) is 17.3. The average molecular weight is 481 g/mol. The highest BCUT2D eigenvalue weighted by Gasteiger charge is 2.31. The summed E-state index contributed by atoms with van der Waals surface area (Å²) in [4.78, 5) is 27.6. The Bertz CT molecular complexity index is 1260. The number of benzene rings is 3. The largest absolute Gasteiger partial charge is 0.416 e. The number of fused-ring (bicyclic) bond motifs is 1. The Kier molecular flexibility index (Phi) is 6.45. The van der Waals surface area contributed by atoms with Gasteiger partial charge in [-0.15, -0.1) is 0 Å². The standard InChI is InChI=1S/C28H27F3N2O2/c1-27(2,3)26(35)33-15-14-19-16-22(13-10-20(19)17-33)32-25(34)24-7-5-4-6-23(24)18-8-11-21(12-9-18)28(29,30)31/h4-13,16H,14-15,17H2,1-3H3,(H,32,34). The third-order valence-corrected chi connectivity index (χ3v) is 6.10. The number of anilines is 1. The van der Waals surface area contributed by atoms with Crippen LogP contribution in [0.15, 0.2) is 66.7 Å². The van der Waals surface area contributed by atoms with Crippen molar-refractivity contribution in [1.29, 1.82) is 0 Å². The Hall–Kier alpha value is -3.61. The SMILES string of the molecule is CC(C)(C)C(=O)N1CCc2cc(NC(=O)c3ccccc3-c3ccc(C(F)(F)F)cc3)ccc2C1. The minimum atomic E-state index is -4.42. The van der Waals surface area contributed by atoms with Crippen LogP contribution < -0.4 is 5.32 Å². The molecule has 1 aliphatic heterocycles. The quantitative estimate of drug-likeness (QED) is 0.462. The number of carbonyl (C=O) groups is 2. The third kappa shape index (κ3) is 5.39.